The molecule has 0 rings (SSSR count). The van der Waals surface area contributed by atoms with E-state index >= 15 is 0 Å². The monoisotopic (exact) mass is 164 g/mol. The van der Waals surface area contributed by atoms with E-state index in [2.05, 4.69) is 20.8 Å². The summed E-state index contributed by atoms with van der Waals surface area (Å²) in [5.74, 6) is 0.872. The molecule has 0 aliphatic rings. The Hall–Kier alpha value is 0.507. The second-order valence-corrected chi connectivity index (χ2v) is 6.58. The van der Waals surface area contributed by atoms with Gasteiger partial charge in [-0.25, -0.2) is 0 Å². The molecular weight excluding hydrogens is 148 g/mol. The fourth-order valence-corrected chi connectivity index (χ4v) is 3.13. The van der Waals surface area contributed by atoms with Crippen LogP contribution in [0.4, 0.5) is 0 Å². The van der Waals surface area contributed by atoms with Crippen LogP contribution in [0.3, 0.4) is 0 Å². The van der Waals surface area contributed by atoms with Gasteiger partial charge < -0.3 is 0 Å². The van der Waals surface area contributed by atoms with Gasteiger partial charge >= 0.3 is 0 Å². The van der Waals surface area contributed by atoms with Gasteiger partial charge in [0.1, 0.15) is 0 Å². The van der Waals surface area contributed by atoms with E-state index in [4.69, 9.17) is 11.6 Å². The lowest BCUT2D eigenvalue weighted by Gasteiger charge is -2.10. The van der Waals surface area contributed by atoms with Crippen molar-refractivity contribution in [2.45, 2.75) is 38.3 Å². The van der Waals surface area contributed by atoms with Crippen LogP contribution in [0.5, 0.6) is 0 Å². The Kier molecular flexibility index (Phi) is 5.60. The van der Waals surface area contributed by atoms with Gasteiger partial charge in [0.15, 0.2) is 0 Å². The third-order valence-corrected chi connectivity index (χ3v) is 5.13. The zero-order valence-corrected chi connectivity index (χ0v) is 8.82. The molecule has 2 atom stereocenters. The Morgan fingerprint density at radius 1 is 1.33 bits per heavy atom. The van der Waals surface area contributed by atoms with Crippen molar-refractivity contribution in [3.8, 4) is 0 Å². The predicted octanol–water partition coefficient (Wildman–Crippen LogP) is 2.42. The molecule has 0 saturated heterocycles. The molecular formula is C7H17ClSi. The number of hydrogen-bond acceptors (Lipinski definition) is 0. The summed E-state index contributed by atoms with van der Waals surface area (Å²) in [4.78, 5) is 0. The standard InChI is InChI=1S/C7H17ClSi/c1-4-6(2)9-7(3)5-8/h6-7H,4-5,9H2,1-3H3. The smallest absolute Gasteiger partial charge is 0.0272 e. The highest BCUT2D eigenvalue weighted by Crippen LogP contribution is 2.15. The maximum atomic E-state index is 5.69. The highest BCUT2D eigenvalue weighted by molar-refractivity contribution is 6.41. The summed E-state index contributed by atoms with van der Waals surface area (Å²) >= 11 is 5.69. The second kappa shape index (κ2) is 5.30. The van der Waals surface area contributed by atoms with Crippen LogP contribution in [0, 0.1) is 0 Å². The first-order valence-electron chi connectivity index (χ1n) is 3.76. The molecule has 0 aromatic heterocycles. The second-order valence-electron chi connectivity index (χ2n) is 3.01. The zero-order valence-electron chi connectivity index (χ0n) is 6.65. The van der Waals surface area contributed by atoms with Gasteiger partial charge in [0, 0.05) is 15.4 Å². The minimum atomic E-state index is 0.128. The minimum absolute atomic E-state index is 0.128. The van der Waals surface area contributed by atoms with Crippen molar-refractivity contribution in [3.05, 3.63) is 0 Å². The quantitative estimate of drug-likeness (QED) is 0.443. The zero-order chi connectivity index (χ0) is 7.28. The summed E-state index contributed by atoms with van der Waals surface area (Å²) in [6, 6.07) is 0. The van der Waals surface area contributed by atoms with E-state index in [9.17, 15) is 0 Å². The van der Waals surface area contributed by atoms with Crippen molar-refractivity contribution in [2.75, 3.05) is 5.88 Å². The fraction of sp³-hybridized carbons (Fsp3) is 1.00. The maximum absolute atomic E-state index is 5.69. The highest BCUT2D eigenvalue weighted by atomic mass is 35.5. The number of halogens is 1. The molecule has 0 N–H and O–H groups in total. The first-order valence-corrected chi connectivity index (χ1v) is 5.93. The maximum Gasteiger partial charge on any atom is 0.0272 e. The van der Waals surface area contributed by atoms with Crippen LogP contribution in [0.1, 0.15) is 27.2 Å². The molecule has 2 unspecified atom stereocenters. The van der Waals surface area contributed by atoms with Crippen LogP contribution in [0.15, 0.2) is 0 Å². The van der Waals surface area contributed by atoms with Crippen LogP contribution in [-0.2, 0) is 0 Å². The molecule has 0 aliphatic heterocycles. The number of alkyl halides is 1. The molecule has 0 aromatic rings. The van der Waals surface area contributed by atoms with E-state index in [-0.39, 0.29) is 9.52 Å². The minimum Gasteiger partial charge on any atom is -0.127 e. The molecule has 0 nitrogen and oxygen atoms in total. The SMILES string of the molecule is CCC(C)[SiH2]C(C)CCl. The van der Waals surface area contributed by atoms with Gasteiger partial charge in [0.05, 0.1) is 0 Å². The van der Waals surface area contributed by atoms with E-state index in [1.165, 1.54) is 6.42 Å². The van der Waals surface area contributed by atoms with Crippen molar-refractivity contribution >= 4 is 21.1 Å². The van der Waals surface area contributed by atoms with Gasteiger partial charge in [0.2, 0.25) is 0 Å². The Labute approximate surface area is 65.8 Å². The molecule has 0 radical (unpaired) electrons. The molecule has 0 amide bonds. The van der Waals surface area contributed by atoms with Crippen LogP contribution in [0.25, 0.3) is 0 Å². The van der Waals surface area contributed by atoms with Gasteiger partial charge in [-0.1, -0.05) is 32.7 Å². The summed E-state index contributed by atoms with van der Waals surface area (Å²) in [7, 11) is 0.128. The van der Waals surface area contributed by atoms with Crippen molar-refractivity contribution in [2.24, 2.45) is 0 Å². The Bertz CT molecular complexity index is 57.9. The van der Waals surface area contributed by atoms with Gasteiger partial charge in [0.25, 0.3) is 0 Å². The summed E-state index contributed by atoms with van der Waals surface area (Å²) in [5.41, 5.74) is 1.82. The van der Waals surface area contributed by atoms with Crippen LogP contribution in [-0.4, -0.2) is 15.4 Å². The molecule has 56 valence electrons. The third kappa shape index (κ3) is 4.98. The molecule has 0 bridgehead atoms. The highest BCUT2D eigenvalue weighted by Gasteiger charge is 2.05. The molecule has 0 aromatic carbocycles. The molecule has 2 heteroatoms. The van der Waals surface area contributed by atoms with Gasteiger partial charge in [-0.3, -0.25) is 0 Å². The Morgan fingerprint density at radius 3 is 2.22 bits per heavy atom. The lowest BCUT2D eigenvalue weighted by molar-refractivity contribution is 0.847. The first kappa shape index (κ1) is 9.51. The molecule has 0 spiro atoms. The lowest BCUT2D eigenvalue weighted by Crippen LogP contribution is -2.06. The topological polar surface area (TPSA) is 0 Å². The predicted molar refractivity (Wildman–Crippen MR) is 48.4 cm³/mol. The fourth-order valence-electron chi connectivity index (χ4n) is 0.917. The number of rotatable bonds is 4. The van der Waals surface area contributed by atoms with E-state index in [1.54, 1.807) is 0 Å². The first-order chi connectivity index (χ1) is 4.20. The summed E-state index contributed by atoms with van der Waals surface area (Å²) in [6.45, 7) is 6.87. The summed E-state index contributed by atoms with van der Waals surface area (Å²) in [6.07, 6.45) is 1.34. The van der Waals surface area contributed by atoms with E-state index in [1.807, 2.05) is 0 Å². The molecule has 0 saturated carbocycles. The van der Waals surface area contributed by atoms with Gasteiger partial charge in [-0.15, -0.1) is 11.6 Å². The van der Waals surface area contributed by atoms with Gasteiger partial charge in [-0.05, 0) is 5.54 Å². The average Bonchev–Trinajstić information content (AvgIpc) is 1.87. The summed E-state index contributed by atoms with van der Waals surface area (Å²) < 4.78 is 0. The lowest BCUT2D eigenvalue weighted by atomic mass is 10.4. The van der Waals surface area contributed by atoms with Crippen molar-refractivity contribution < 1.29 is 0 Å². The van der Waals surface area contributed by atoms with Crippen LogP contribution in [0.2, 0.25) is 11.1 Å². The van der Waals surface area contributed by atoms with Crippen molar-refractivity contribution in [1.82, 2.24) is 0 Å². The van der Waals surface area contributed by atoms with Crippen LogP contribution >= 0.6 is 11.6 Å². The van der Waals surface area contributed by atoms with E-state index in [0.717, 1.165) is 17.0 Å². The van der Waals surface area contributed by atoms with Crippen molar-refractivity contribution in [1.29, 1.82) is 0 Å². The molecule has 0 aliphatic carbocycles. The van der Waals surface area contributed by atoms with Crippen LogP contribution < -0.4 is 0 Å². The van der Waals surface area contributed by atoms with E-state index in [0.29, 0.717) is 0 Å². The molecule has 9 heavy (non-hydrogen) atoms. The Morgan fingerprint density at radius 2 is 1.89 bits per heavy atom. The molecule has 0 heterocycles. The van der Waals surface area contributed by atoms with Gasteiger partial charge in [-0.2, -0.15) is 0 Å². The Balaban J connectivity index is 3.22. The third-order valence-electron chi connectivity index (χ3n) is 1.77. The normalized spacial score (nSPS) is 18.7. The largest absolute Gasteiger partial charge is 0.127 e. The number of hydrogen-bond donors (Lipinski definition) is 0. The summed E-state index contributed by atoms with van der Waals surface area (Å²) in [5, 5.41) is 0. The van der Waals surface area contributed by atoms with E-state index < -0.39 is 0 Å². The average molecular weight is 165 g/mol. The molecule has 0 fully saturated rings. The van der Waals surface area contributed by atoms with Crippen molar-refractivity contribution in [3.63, 3.8) is 0 Å².